The highest BCUT2D eigenvalue weighted by atomic mass is 16.5. The third kappa shape index (κ3) is 4.37. The molecule has 4 nitrogen and oxygen atoms in total. The van der Waals surface area contributed by atoms with Crippen molar-refractivity contribution in [3.63, 3.8) is 0 Å². The van der Waals surface area contributed by atoms with Gasteiger partial charge in [0.2, 0.25) is 0 Å². The molecule has 0 N–H and O–H groups in total. The van der Waals surface area contributed by atoms with Crippen molar-refractivity contribution in [3.8, 4) is 0 Å². The molecule has 132 valence electrons. The third-order valence-corrected chi connectivity index (χ3v) is 5.24. The van der Waals surface area contributed by atoms with Crippen LogP contribution < -0.4 is 0 Å². The van der Waals surface area contributed by atoms with Gasteiger partial charge in [0, 0.05) is 18.7 Å². The molecule has 24 heavy (non-hydrogen) atoms. The molecule has 0 unspecified atom stereocenters. The average Bonchev–Trinajstić information content (AvgIpc) is 2.90. The zero-order valence-electron chi connectivity index (χ0n) is 14.9. The number of hydrogen-bond acceptors (Lipinski definition) is 3. The Morgan fingerprint density at radius 3 is 2.71 bits per heavy atom. The van der Waals surface area contributed by atoms with Crippen molar-refractivity contribution >= 4 is 5.91 Å². The predicted molar refractivity (Wildman–Crippen MR) is 96.1 cm³/mol. The molecule has 1 aromatic rings. The lowest BCUT2D eigenvalue weighted by Gasteiger charge is -2.35. The van der Waals surface area contributed by atoms with E-state index < -0.39 is 0 Å². The summed E-state index contributed by atoms with van der Waals surface area (Å²) in [4.78, 5) is 17.4. The number of amides is 1. The van der Waals surface area contributed by atoms with Gasteiger partial charge in [-0.3, -0.25) is 9.69 Å². The molecule has 0 radical (unpaired) electrons. The van der Waals surface area contributed by atoms with Crippen molar-refractivity contribution in [2.45, 2.75) is 51.6 Å². The summed E-state index contributed by atoms with van der Waals surface area (Å²) in [6.45, 7) is 7.45. The van der Waals surface area contributed by atoms with E-state index in [4.69, 9.17) is 4.74 Å². The number of carbonyl (C=O) groups is 1. The summed E-state index contributed by atoms with van der Waals surface area (Å²) >= 11 is 0. The number of hydrogen-bond donors (Lipinski definition) is 0. The smallest absolute Gasteiger partial charge is 0.254 e. The normalized spacial score (nSPS) is 23.0. The molecule has 4 heteroatoms. The lowest BCUT2D eigenvalue weighted by atomic mass is 10.1. The number of rotatable bonds is 4. The van der Waals surface area contributed by atoms with Crippen LogP contribution in [0.15, 0.2) is 24.3 Å². The molecule has 0 spiro atoms. The standard InChI is InChI=1S/C20H30N2O2/c1-2-19-16-24-13-12-22(19)20(23)18-9-7-8-17(14-18)15-21-10-5-3-4-6-11-21/h7-9,14,19H,2-6,10-13,15-16H2,1H3/t19-/m0/s1. The Labute approximate surface area is 145 Å². The first-order chi connectivity index (χ1) is 11.8. The Morgan fingerprint density at radius 2 is 1.96 bits per heavy atom. The van der Waals surface area contributed by atoms with Crippen LogP contribution in [0.4, 0.5) is 0 Å². The Balaban J connectivity index is 1.68. The molecular formula is C20H30N2O2. The van der Waals surface area contributed by atoms with E-state index in [1.165, 1.54) is 44.3 Å². The largest absolute Gasteiger partial charge is 0.377 e. The summed E-state index contributed by atoms with van der Waals surface area (Å²) in [7, 11) is 0. The number of morpholine rings is 1. The molecule has 0 saturated carbocycles. The minimum absolute atomic E-state index is 0.155. The van der Waals surface area contributed by atoms with Crippen LogP contribution in [0.3, 0.4) is 0 Å². The molecular weight excluding hydrogens is 300 g/mol. The maximum atomic E-state index is 12.9. The van der Waals surface area contributed by atoms with Gasteiger partial charge in [0.25, 0.3) is 5.91 Å². The molecule has 2 saturated heterocycles. The van der Waals surface area contributed by atoms with E-state index in [1.54, 1.807) is 0 Å². The molecule has 2 aliphatic heterocycles. The summed E-state index contributed by atoms with van der Waals surface area (Å²) < 4.78 is 5.52. The van der Waals surface area contributed by atoms with Crippen molar-refractivity contribution in [3.05, 3.63) is 35.4 Å². The Hall–Kier alpha value is -1.39. The quantitative estimate of drug-likeness (QED) is 0.849. The predicted octanol–water partition coefficient (Wildman–Crippen LogP) is 3.31. The SMILES string of the molecule is CC[C@H]1COCCN1C(=O)c1cccc(CN2CCCCCC2)c1. The van der Waals surface area contributed by atoms with E-state index in [-0.39, 0.29) is 11.9 Å². The Kier molecular flexibility index (Phi) is 6.27. The minimum atomic E-state index is 0.155. The summed E-state index contributed by atoms with van der Waals surface area (Å²) in [5, 5.41) is 0. The van der Waals surface area contributed by atoms with Gasteiger partial charge in [-0.1, -0.05) is 31.9 Å². The molecule has 2 heterocycles. The number of ether oxygens (including phenoxy) is 1. The van der Waals surface area contributed by atoms with Gasteiger partial charge in [0.1, 0.15) is 0 Å². The molecule has 3 rings (SSSR count). The molecule has 2 fully saturated rings. The zero-order chi connectivity index (χ0) is 16.8. The maximum absolute atomic E-state index is 12.9. The third-order valence-electron chi connectivity index (χ3n) is 5.24. The second-order valence-electron chi connectivity index (χ2n) is 7.03. The molecule has 1 amide bonds. The van der Waals surface area contributed by atoms with Crippen LogP contribution in [-0.4, -0.2) is 54.6 Å². The second-order valence-corrected chi connectivity index (χ2v) is 7.03. The van der Waals surface area contributed by atoms with Gasteiger partial charge in [0.05, 0.1) is 19.3 Å². The first kappa shape index (κ1) is 17.4. The molecule has 0 bridgehead atoms. The van der Waals surface area contributed by atoms with Crippen LogP contribution in [0, 0.1) is 0 Å². The highest BCUT2D eigenvalue weighted by Gasteiger charge is 2.26. The summed E-state index contributed by atoms with van der Waals surface area (Å²) in [5.74, 6) is 0.155. The van der Waals surface area contributed by atoms with Crippen molar-refractivity contribution in [1.29, 1.82) is 0 Å². The van der Waals surface area contributed by atoms with Gasteiger partial charge in [-0.2, -0.15) is 0 Å². The summed E-state index contributed by atoms with van der Waals surface area (Å²) in [6, 6.07) is 8.44. The number of benzene rings is 1. The first-order valence-electron chi connectivity index (χ1n) is 9.48. The van der Waals surface area contributed by atoms with Crippen molar-refractivity contribution < 1.29 is 9.53 Å². The fraction of sp³-hybridized carbons (Fsp3) is 0.650. The minimum Gasteiger partial charge on any atom is -0.377 e. The van der Waals surface area contributed by atoms with Crippen LogP contribution in [0.2, 0.25) is 0 Å². The first-order valence-corrected chi connectivity index (χ1v) is 9.48. The van der Waals surface area contributed by atoms with Gasteiger partial charge >= 0.3 is 0 Å². The molecule has 1 aromatic carbocycles. The van der Waals surface area contributed by atoms with Gasteiger partial charge < -0.3 is 9.64 Å². The fourth-order valence-corrected chi connectivity index (χ4v) is 3.78. The van der Waals surface area contributed by atoms with E-state index in [0.29, 0.717) is 19.8 Å². The maximum Gasteiger partial charge on any atom is 0.254 e. The van der Waals surface area contributed by atoms with Crippen molar-refractivity contribution in [2.75, 3.05) is 32.8 Å². The number of nitrogens with zero attached hydrogens (tertiary/aromatic N) is 2. The zero-order valence-corrected chi connectivity index (χ0v) is 14.9. The van der Waals surface area contributed by atoms with Crippen molar-refractivity contribution in [2.24, 2.45) is 0 Å². The molecule has 2 aliphatic rings. The number of carbonyl (C=O) groups excluding carboxylic acids is 1. The lowest BCUT2D eigenvalue weighted by Crippen LogP contribution is -2.48. The highest BCUT2D eigenvalue weighted by molar-refractivity contribution is 5.94. The van der Waals surface area contributed by atoms with Gasteiger partial charge in [-0.15, -0.1) is 0 Å². The van der Waals surface area contributed by atoms with Crippen LogP contribution in [0.25, 0.3) is 0 Å². The van der Waals surface area contributed by atoms with E-state index >= 15 is 0 Å². The van der Waals surface area contributed by atoms with Gasteiger partial charge in [-0.05, 0) is 50.0 Å². The van der Waals surface area contributed by atoms with Crippen LogP contribution >= 0.6 is 0 Å². The topological polar surface area (TPSA) is 32.8 Å². The summed E-state index contributed by atoms with van der Waals surface area (Å²) in [5.41, 5.74) is 2.08. The van der Waals surface area contributed by atoms with E-state index in [9.17, 15) is 4.79 Å². The fourth-order valence-electron chi connectivity index (χ4n) is 3.78. The van der Waals surface area contributed by atoms with Gasteiger partial charge in [0.15, 0.2) is 0 Å². The molecule has 0 aromatic heterocycles. The molecule has 1 atom stereocenters. The number of likely N-dealkylation sites (tertiary alicyclic amines) is 1. The summed E-state index contributed by atoms with van der Waals surface area (Å²) in [6.07, 6.45) is 6.24. The van der Waals surface area contributed by atoms with Crippen LogP contribution in [0.1, 0.15) is 54.9 Å². The highest BCUT2D eigenvalue weighted by Crippen LogP contribution is 2.18. The van der Waals surface area contributed by atoms with Crippen LogP contribution in [0.5, 0.6) is 0 Å². The van der Waals surface area contributed by atoms with Crippen LogP contribution in [-0.2, 0) is 11.3 Å². The molecule has 0 aliphatic carbocycles. The van der Waals surface area contributed by atoms with Gasteiger partial charge in [-0.25, -0.2) is 0 Å². The monoisotopic (exact) mass is 330 g/mol. The van der Waals surface area contributed by atoms with Crippen molar-refractivity contribution in [1.82, 2.24) is 9.80 Å². The average molecular weight is 330 g/mol. The second kappa shape index (κ2) is 8.63. The Bertz CT molecular complexity index is 538. The Morgan fingerprint density at radius 1 is 1.17 bits per heavy atom. The van der Waals surface area contributed by atoms with E-state index in [2.05, 4.69) is 24.0 Å². The lowest BCUT2D eigenvalue weighted by molar-refractivity contribution is -0.00280. The van der Waals surface area contributed by atoms with E-state index in [1.807, 2.05) is 17.0 Å². The van der Waals surface area contributed by atoms with E-state index in [0.717, 1.165) is 18.5 Å².